The third kappa shape index (κ3) is 4.80. The molecule has 1 saturated carbocycles. The molecule has 134 valence electrons. The summed E-state index contributed by atoms with van der Waals surface area (Å²) in [5.74, 6) is 0. The van der Waals surface area contributed by atoms with E-state index in [-0.39, 0.29) is 0 Å². The molecule has 0 heterocycles. The Balaban J connectivity index is 1.45. The van der Waals surface area contributed by atoms with E-state index in [0.717, 1.165) is 38.5 Å². The summed E-state index contributed by atoms with van der Waals surface area (Å²) in [6, 6.07) is 5.58. The second kappa shape index (κ2) is 8.45. The van der Waals surface area contributed by atoms with Crippen LogP contribution in [0.5, 0.6) is 0 Å². The van der Waals surface area contributed by atoms with E-state index in [1.54, 1.807) is 6.07 Å². The van der Waals surface area contributed by atoms with Gasteiger partial charge in [0.1, 0.15) is 0 Å². The molecule has 0 unspecified atom stereocenters. The number of sulfonamides is 1. The predicted molar refractivity (Wildman–Crippen MR) is 95.7 cm³/mol. The zero-order valence-corrected chi connectivity index (χ0v) is 15.2. The van der Waals surface area contributed by atoms with Crippen LogP contribution in [-0.2, 0) is 27.6 Å². The van der Waals surface area contributed by atoms with Gasteiger partial charge in [0.05, 0.1) is 11.0 Å². The highest BCUT2D eigenvalue weighted by molar-refractivity contribution is 7.89. The number of nitrogens with one attached hydrogen (secondary N) is 1. The van der Waals surface area contributed by atoms with Gasteiger partial charge in [0, 0.05) is 13.2 Å². The fourth-order valence-electron chi connectivity index (χ4n) is 3.72. The SMILES string of the molecule is O=S(=O)(NCCCOC1CCCCC1)c1ccc2c(c1)CCCC2. The van der Waals surface area contributed by atoms with E-state index < -0.39 is 10.0 Å². The van der Waals surface area contributed by atoms with Gasteiger partial charge in [0.15, 0.2) is 0 Å². The lowest BCUT2D eigenvalue weighted by atomic mass is 9.92. The number of benzene rings is 1. The van der Waals surface area contributed by atoms with Crippen LogP contribution in [0.2, 0.25) is 0 Å². The molecule has 2 aliphatic rings. The number of fused-ring (bicyclic) bond motifs is 1. The van der Waals surface area contributed by atoms with Gasteiger partial charge in [-0.15, -0.1) is 0 Å². The van der Waals surface area contributed by atoms with Crippen molar-refractivity contribution in [2.45, 2.75) is 75.2 Å². The van der Waals surface area contributed by atoms with E-state index in [1.165, 1.54) is 36.8 Å². The highest BCUT2D eigenvalue weighted by atomic mass is 32.2. The van der Waals surface area contributed by atoms with E-state index in [9.17, 15) is 8.42 Å². The van der Waals surface area contributed by atoms with Crippen LogP contribution < -0.4 is 4.72 Å². The average Bonchev–Trinajstić information content (AvgIpc) is 2.62. The lowest BCUT2D eigenvalue weighted by Crippen LogP contribution is -2.26. The highest BCUT2D eigenvalue weighted by Crippen LogP contribution is 2.24. The number of ether oxygens (including phenoxy) is 1. The second-order valence-electron chi connectivity index (χ2n) is 7.02. The van der Waals surface area contributed by atoms with Crippen LogP contribution in [0.25, 0.3) is 0 Å². The molecule has 0 saturated heterocycles. The van der Waals surface area contributed by atoms with Gasteiger partial charge in [-0.05, 0) is 68.2 Å². The van der Waals surface area contributed by atoms with Gasteiger partial charge in [-0.1, -0.05) is 25.3 Å². The molecule has 0 atom stereocenters. The predicted octanol–water partition coefficient (Wildman–Crippen LogP) is 3.58. The maximum atomic E-state index is 12.4. The summed E-state index contributed by atoms with van der Waals surface area (Å²) >= 11 is 0. The Kier molecular flexibility index (Phi) is 6.31. The molecule has 1 N–H and O–H groups in total. The first-order valence-electron chi connectivity index (χ1n) is 9.38. The van der Waals surface area contributed by atoms with Gasteiger partial charge in [0.2, 0.25) is 10.0 Å². The first-order valence-corrected chi connectivity index (χ1v) is 10.9. The summed E-state index contributed by atoms with van der Waals surface area (Å²) in [4.78, 5) is 0.399. The Bertz CT molecular complexity index is 636. The summed E-state index contributed by atoms with van der Waals surface area (Å²) in [6.45, 7) is 1.07. The zero-order valence-electron chi connectivity index (χ0n) is 14.4. The molecular weight excluding hydrogens is 322 g/mol. The molecule has 4 nitrogen and oxygen atoms in total. The number of hydrogen-bond acceptors (Lipinski definition) is 3. The summed E-state index contributed by atoms with van der Waals surface area (Å²) in [5.41, 5.74) is 2.51. The van der Waals surface area contributed by atoms with Crippen molar-refractivity contribution in [1.29, 1.82) is 0 Å². The van der Waals surface area contributed by atoms with E-state index in [4.69, 9.17) is 4.74 Å². The Morgan fingerprint density at radius 2 is 1.75 bits per heavy atom. The topological polar surface area (TPSA) is 55.4 Å². The Labute approximate surface area is 146 Å². The standard InChI is InChI=1S/C19H29NO3S/c21-24(22,19-12-11-16-7-4-5-8-17(16)15-19)20-13-6-14-23-18-9-2-1-3-10-18/h11-12,15,18,20H,1-10,13-14H2. The second-order valence-corrected chi connectivity index (χ2v) is 8.79. The average molecular weight is 352 g/mol. The van der Waals surface area contributed by atoms with Crippen molar-refractivity contribution in [2.24, 2.45) is 0 Å². The van der Waals surface area contributed by atoms with Gasteiger partial charge in [-0.2, -0.15) is 0 Å². The minimum absolute atomic E-state index is 0.385. The Morgan fingerprint density at radius 1 is 1.00 bits per heavy atom. The molecule has 3 rings (SSSR count). The van der Waals surface area contributed by atoms with E-state index in [1.807, 2.05) is 12.1 Å². The molecule has 1 fully saturated rings. The van der Waals surface area contributed by atoms with Crippen molar-refractivity contribution in [1.82, 2.24) is 4.72 Å². The van der Waals surface area contributed by atoms with Crippen molar-refractivity contribution in [3.05, 3.63) is 29.3 Å². The summed E-state index contributed by atoms with van der Waals surface area (Å²) in [6.07, 6.45) is 11.7. The van der Waals surface area contributed by atoms with Crippen LogP contribution in [0.4, 0.5) is 0 Å². The fourth-order valence-corrected chi connectivity index (χ4v) is 4.85. The fraction of sp³-hybridized carbons (Fsp3) is 0.684. The minimum Gasteiger partial charge on any atom is -0.378 e. The van der Waals surface area contributed by atoms with Gasteiger partial charge in [-0.25, -0.2) is 13.1 Å². The Hall–Kier alpha value is -0.910. The number of rotatable bonds is 7. The molecule has 5 heteroatoms. The van der Waals surface area contributed by atoms with E-state index >= 15 is 0 Å². The third-order valence-electron chi connectivity index (χ3n) is 5.15. The minimum atomic E-state index is -3.40. The summed E-state index contributed by atoms with van der Waals surface area (Å²) < 4.78 is 33.4. The van der Waals surface area contributed by atoms with Crippen molar-refractivity contribution < 1.29 is 13.2 Å². The van der Waals surface area contributed by atoms with Crippen LogP contribution in [0.15, 0.2) is 23.1 Å². The molecule has 24 heavy (non-hydrogen) atoms. The zero-order chi connectivity index (χ0) is 16.8. The molecule has 1 aromatic carbocycles. The molecule has 0 spiro atoms. The van der Waals surface area contributed by atoms with Crippen LogP contribution in [0.3, 0.4) is 0 Å². The Morgan fingerprint density at radius 3 is 2.54 bits per heavy atom. The normalized spacial score (nSPS) is 19.2. The van der Waals surface area contributed by atoms with Crippen molar-refractivity contribution in [3.63, 3.8) is 0 Å². The lowest BCUT2D eigenvalue weighted by molar-refractivity contribution is 0.0278. The van der Waals surface area contributed by atoms with Crippen LogP contribution in [0, 0.1) is 0 Å². The molecule has 0 amide bonds. The molecule has 0 aromatic heterocycles. The summed E-state index contributed by atoms with van der Waals surface area (Å²) in [7, 11) is -3.40. The highest BCUT2D eigenvalue weighted by Gasteiger charge is 2.17. The van der Waals surface area contributed by atoms with Crippen molar-refractivity contribution in [3.8, 4) is 0 Å². The van der Waals surface area contributed by atoms with Gasteiger partial charge in [-0.3, -0.25) is 0 Å². The molecule has 0 bridgehead atoms. The summed E-state index contributed by atoms with van der Waals surface area (Å²) in [5, 5.41) is 0. The lowest BCUT2D eigenvalue weighted by Gasteiger charge is -2.22. The van der Waals surface area contributed by atoms with Gasteiger partial charge < -0.3 is 4.74 Å². The molecule has 1 aromatic rings. The van der Waals surface area contributed by atoms with Crippen molar-refractivity contribution >= 4 is 10.0 Å². The number of hydrogen-bond donors (Lipinski definition) is 1. The van der Waals surface area contributed by atoms with Gasteiger partial charge >= 0.3 is 0 Å². The van der Waals surface area contributed by atoms with E-state index in [2.05, 4.69) is 4.72 Å². The monoisotopic (exact) mass is 351 g/mol. The largest absolute Gasteiger partial charge is 0.378 e. The van der Waals surface area contributed by atoms with Crippen LogP contribution in [0.1, 0.15) is 62.5 Å². The van der Waals surface area contributed by atoms with Gasteiger partial charge in [0.25, 0.3) is 0 Å². The first kappa shape index (κ1) is 17.9. The molecule has 2 aliphatic carbocycles. The molecular formula is C19H29NO3S. The van der Waals surface area contributed by atoms with E-state index in [0.29, 0.717) is 24.2 Å². The smallest absolute Gasteiger partial charge is 0.240 e. The molecule has 0 aliphatic heterocycles. The van der Waals surface area contributed by atoms with Crippen LogP contribution >= 0.6 is 0 Å². The van der Waals surface area contributed by atoms with Crippen LogP contribution in [-0.4, -0.2) is 27.7 Å². The van der Waals surface area contributed by atoms with Crippen molar-refractivity contribution in [2.75, 3.05) is 13.2 Å². The number of aryl methyl sites for hydroxylation is 2. The quantitative estimate of drug-likeness (QED) is 0.764. The first-order chi connectivity index (χ1) is 11.6. The maximum absolute atomic E-state index is 12.4. The third-order valence-corrected chi connectivity index (χ3v) is 6.61. The molecule has 0 radical (unpaired) electrons. The maximum Gasteiger partial charge on any atom is 0.240 e.